The Morgan fingerprint density at radius 3 is 2.38 bits per heavy atom. The van der Waals surface area contributed by atoms with E-state index in [2.05, 4.69) is 22.9 Å². The average molecular weight is 729 g/mol. The number of nitrogens with zero attached hydrogens (tertiary/aromatic N) is 2. The number of ketones is 1. The molecule has 3 aromatic carbocycles. The first kappa shape index (κ1) is 31.7. The standard InChI is InChI=1S/C34H26BrCl3N2O5/c1-16-3-9-21-24(11-16)33(43)40(32(21)42)20-7-4-18(5-8-20)28-14-25(23-13-26(35)30(38)17(2)31(23)39-28)34(44)45-15-29(41)22-10-6-19(36)12-27(22)37/h4-8,10,12-14,16,21,24H,3,9,11,15H2,1-2H3. The molecule has 2 fully saturated rings. The number of hydrogen-bond donors (Lipinski definition) is 0. The maximum Gasteiger partial charge on any atom is 0.339 e. The molecule has 0 N–H and O–H groups in total. The zero-order valence-corrected chi connectivity index (χ0v) is 28.1. The van der Waals surface area contributed by atoms with Crippen LogP contribution in [0, 0.1) is 24.7 Å². The number of fused-ring (bicyclic) bond motifs is 2. The number of ether oxygens (including phenoxy) is 1. The highest BCUT2D eigenvalue weighted by Gasteiger charge is 2.49. The van der Waals surface area contributed by atoms with Crippen LogP contribution in [0.5, 0.6) is 0 Å². The third-order valence-corrected chi connectivity index (χ3v) is 10.5. The number of esters is 1. The van der Waals surface area contributed by atoms with Crippen molar-refractivity contribution in [1.82, 2.24) is 4.98 Å². The Bertz CT molecular complexity index is 1910. The number of rotatable bonds is 6. The third-order valence-electron chi connectivity index (χ3n) is 8.62. The van der Waals surface area contributed by atoms with Gasteiger partial charge >= 0.3 is 5.97 Å². The first-order valence-electron chi connectivity index (χ1n) is 14.4. The van der Waals surface area contributed by atoms with Crippen molar-refractivity contribution in [3.8, 4) is 11.3 Å². The molecule has 11 heteroatoms. The number of pyridine rings is 1. The number of aromatic nitrogens is 1. The van der Waals surface area contributed by atoms with Crippen LogP contribution in [0.2, 0.25) is 15.1 Å². The van der Waals surface area contributed by atoms with E-state index in [9.17, 15) is 19.2 Å². The number of carbonyl (C=O) groups is 4. The topological polar surface area (TPSA) is 93.6 Å². The summed E-state index contributed by atoms with van der Waals surface area (Å²) in [6, 6.07) is 14.7. The van der Waals surface area contributed by atoms with Gasteiger partial charge in [-0.05, 0) is 96.1 Å². The number of carbonyl (C=O) groups excluding carboxylic acids is 4. The van der Waals surface area contributed by atoms with Gasteiger partial charge in [-0.2, -0.15) is 0 Å². The van der Waals surface area contributed by atoms with Gasteiger partial charge in [0.2, 0.25) is 17.6 Å². The fourth-order valence-corrected chi connectivity index (χ4v) is 7.39. The molecule has 1 saturated heterocycles. The summed E-state index contributed by atoms with van der Waals surface area (Å²) < 4.78 is 6.04. The zero-order valence-electron chi connectivity index (χ0n) is 24.2. The molecule has 45 heavy (non-hydrogen) atoms. The smallest absolute Gasteiger partial charge is 0.339 e. The van der Waals surface area contributed by atoms with Crippen molar-refractivity contribution in [2.75, 3.05) is 11.5 Å². The van der Waals surface area contributed by atoms with Crippen molar-refractivity contribution in [3.05, 3.63) is 90.8 Å². The molecule has 0 bridgehead atoms. The summed E-state index contributed by atoms with van der Waals surface area (Å²) >= 11 is 22.1. The minimum absolute atomic E-state index is 0.149. The lowest BCUT2D eigenvalue weighted by Crippen LogP contribution is -2.30. The molecule has 1 aliphatic carbocycles. The molecule has 0 spiro atoms. The molecule has 2 amide bonds. The van der Waals surface area contributed by atoms with Crippen LogP contribution in [0.1, 0.15) is 52.5 Å². The monoisotopic (exact) mass is 726 g/mol. The predicted octanol–water partition coefficient (Wildman–Crippen LogP) is 8.90. The second-order valence-electron chi connectivity index (χ2n) is 11.6. The van der Waals surface area contributed by atoms with Crippen molar-refractivity contribution >= 4 is 90.9 Å². The van der Waals surface area contributed by atoms with Crippen molar-refractivity contribution in [2.24, 2.45) is 17.8 Å². The Morgan fingerprint density at radius 1 is 0.956 bits per heavy atom. The van der Waals surface area contributed by atoms with Gasteiger partial charge in [0.15, 0.2) is 6.61 Å². The van der Waals surface area contributed by atoms with Crippen LogP contribution in [0.25, 0.3) is 22.2 Å². The lowest BCUT2D eigenvalue weighted by molar-refractivity contribution is -0.122. The average Bonchev–Trinajstić information content (AvgIpc) is 3.26. The van der Waals surface area contributed by atoms with Crippen LogP contribution >= 0.6 is 50.7 Å². The van der Waals surface area contributed by atoms with E-state index in [4.69, 9.17) is 44.5 Å². The SMILES string of the molecule is Cc1c(Cl)c(Br)cc2c(C(=O)OCC(=O)c3ccc(Cl)cc3Cl)cc(-c3ccc(N4C(=O)C5CCC(C)CC5C4=O)cc3)nc12. The lowest BCUT2D eigenvalue weighted by atomic mass is 9.76. The van der Waals surface area contributed by atoms with Crippen LogP contribution < -0.4 is 4.90 Å². The van der Waals surface area contributed by atoms with Gasteiger partial charge in [0.25, 0.3) is 0 Å². The van der Waals surface area contributed by atoms with Gasteiger partial charge in [-0.15, -0.1) is 0 Å². The normalized spacial score (nSPS) is 19.6. The Kier molecular flexibility index (Phi) is 8.78. The second-order valence-corrected chi connectivity index (χ2v) is 13.6. The number of imide groups is 1. The number of benzene rings is 3. The molecule has 1 aromatic heterocycles. The van der Waals surface area contributed by atoms with Crippen LogP contribution in [0.15, 0.2) is 59.1 Å². The second kappa shape index (κ2) is 12.5. The maximum atomic E-state index is 13.5. The summed E-state index contributed by atoms with van der Waals surface area (Å²) in [5, 5.41) is 1.46. The van der Waals surface area contributed by atoms with Gasteiger partial charge < -0.3 is 4.74 Å². The fraction of sp³-hybridized carbons (Fsp3) is 0.265. The van der Waals surface area contributed by atoms with Gasteiger partial charge in [-0.25, -0.2) is 9.78 Å². The first-order chi connectivity index (χ1) is 21.4. The Morgan fingerprint density at radius 2 is 1.67 bits per heavy atom. The molecule has 2 aliphatic rings. The van der Waals surface area contributed by atoms with Gasteiger partial charge in [0, 0.05) is 26.0 Å². The fourth-order valence-electron chi connectivity index (χ4n) is 6.20. The van der Waals surface area contributed by atoms with Gasteiger partial charge in [0.1, 0.15) is 0 Å². The molecule has 3 atom stereocenters. The van der Waals surface area contributed by atoms with Gasteiger partial charge in [0.05, 0.1) is 44.3 Å². The summed E-state index contributed by atoms with van der Waals surface area (Å²) in [4.78, 5) is 58.9. The third kappa shape index (κ3) is 5.89. The number of aryl methyl sites for hydroxylation is 1. The molecule has 6 rings (SSSR count). The minimum atomic E-state index is -0.738. The van der Waals surface area contributed by atoms with Crippen molar-refractivity contribution < 1.29 is 23.9 Å². The van der Waals surface area contributed by atoms with E-state index in [1.165, 1.54) is 23.1 Å². The highest BCUT2D eigenvalue weighted by molar-refractivity contribution is 9.10. The molecule has 0 radical (unpaired) electrons. The van der Waals surface area contributed by atoms with Gasteiger partial charge in [-0.1, -0.05) is 53.9 Å². The number of amides is 2. The minimum Gasteiger partial charge on any atom is -0.454 e. The Balaban J connectivity index is 1.32. The van der Waals surface area contributed by atoms with E-state index < -0.39 is 18.4 Å². The van der Waals surface area contributed by atoms with Crippen LogP contribution in [-0.4, -0.2) is 35.2 Å². The number of hydrogen-bond acceptors (Lipinski definition) is 6. The Labute approximate surface area is 282 Å². The highest BCUT2D eigenvalue weighted by atomic mass is 79.9. The number of Topliss-reactive ketones (excluding diaryl/α,β-unsaturated/α-hetero) is 1. The summed E-state index contributed by atoms with van der Waals surface area (Å²) in [5.74, 6) is -1.65. The molecule has 230 valence electrons. The van der Waals surface area contributed by atoms with E-state index in [0.29, 0.717) is 53.8 Å². The zero-order chi connectivity index (χ0) is 32.2. The quantitative estimate of drug-likeness (QED) is 0.112. The molecular formula is C34H26BrCl3N2O5. The molecule has 7 nitrogen and oxygen atoms in total. The molecule has 3 unspecified atom stereocenters. The predicted molar refractivity (Wildman–Crippen MR) is 178 cm³/mol. The van der Waals surface area contributed by atoms with E-state index in [0.717, 1.165) is 19.3 Å². The molecular weight excluding hydrogens is 703 g/mol. The van der Waals surface area contributed by atoms with Crippen LogP contribution in [-0.2, 0) is 14.3 Å². The van der Waals surface area contributed by atoms with E-state index in [-0.39, 0.29) is 39.8 Å². The summed E-state index contributed by atoms with van der Waals surface area (Å²) in [6.45, 7) is 3.37. The molecule has 1 aliphatic heterocycles. The molecule has 1 saturated carbocycles. The summed E-state index contributed by atoms with van der Waals surface area (Å²) in [6.07, 6.45) is 2.38. The van der Waals surface area contributed by atoms with E-state index in [1.54, 1.807) is 43.3 Å². The Hall–Kier alpha value is -3.30. The van der Waals surface area contributed by atoms with Gasteiger partial charge in [-0.3, -0.25) is 19.3 Å². The van der Waals surface area contributed by atoms with E-state index in [1.807, 2.05) is 0 Å². The van der Waals surface area contributed by atoms with Crippen LogP contribution in [0.3, 0.4) is 0 Å². The summed E-state index contributed by atoms with van der Waals surface area (Å²) in [7, 11) is 0. The van der Waals surface area contributed by atoms with E-state index >= 15 is 0 Å². The number of halogens is 4. The molecule has 4 aromatic rings. The molecule has 2 heterocycles. The van der Waals surface area contributed by atoms with Crippen molar-refractivity contribution in [3.63, 3.8) is 0 Å². The van der Waals surface area contributed by atoms with Crippen molar-refractivity contribution in [2.45, 2.75) is 33.1 Å². The first-order valence-corrected chi connectivity index (χ1v) is 16.3. The highest BCUT2D eigenvalue weighted by Crippen LogP contribution is 2.42. The summed E-state index contributed by atoms with van der Waals surface area (Å²) in [5.41, 5.74) is 3.06. The largest absolute Gasteiger partial charge is 0.454 e. The van der Waals surface area contributed by atoms with Crippen LogP contribution in [0.4, 0.5) is 5.69 Å². The maximum absolute atomic E-state index is 13.5. The van der Waals surface area contributed by atoms with Crippen molar-refractivity contribution in [1.29, 1.82) is 0 Å². The number of anilines is 1. The lowest BCUT2D eigenvalue weighted by Gasteiger charge is -2.25.